The predicted molar refractivity (Wildman–Crippen MR) is 159 cm³/mol. The summed E-state index contributed by atoms with van der Waals surface area (Å²) < 4.78 is 10.8. The van der Waals surface area contributed by atoms with E-state index in [0.717, 1.165) is 0 Å². The Hall–Kier alpha value is -5.82. The number of carbonyl (C=O) groups excluding carboxylic acids is 3. The predicted octanol–water partition coefficient (Wildman–Crippen LogP) is 4.55. The first-order valence-electron chi connectivity index (χ1n) is 13.0. The van der Waals surface area contributed by atoms with Crippen LogP contribution in [-0.4, -0.2) is 48.4 Å². The number of para-hydroxylation sites is 2. The highest BCUT2D eigenvalue weighted by Gasteiger charge is 2.16. The van der Waals surface area contributed by atoms with Crippen LogP contribution in [0.1, 0.15) is 15.9 Å². The van der Waals surface area contributed by atoms with Gasteiger partial charge in [0, 0.05) is 18.2 Å². The lowest BCUT2D eigenvalue weighted by Crippen LogP contribution is -2.33. The molecule has 3 aromatic carbocycles. The third kappa shape index (κ3) is 8.34. The average molecular weight is 584 g/mol. The standard InChI is InChI=1S/C30H29N7O6/c1-37(24-13-7-5-11-21(24)18-38)30(41)43-19-42-25-14-8-6-12-22(25)35-36-23-15-16-26(34-28(23)31)33-27(39)17-32-29(40)20-9-3-2-4-10-20/h2-16,38H,17-19H2,1H3,(H,32,40)(H3,31,33,34,39)/b36-35+. The van der Waals surface area contributed by atoms with Crippen molar-refractivity contribution in [1.29, 1.82) is 0 Å². The Morgan fingerprint density at radius 1 is 0.907 bits per heavy atom. The fourth-order valence-corrected chi connectivity index (χ4v) is 3.74. The average Bonchev–Trinajstić information content (AvgIpc) is 3.03. The number of aliphatic hydroxyl groups is 1. The van der Waals surface area contributed by atoms with Crippen molar-refractivity contribution in [2.75, 3.05) is 36.3 Å². The first kappa shape index (κ1) is 30.1. The molecular formula is C30H29N7O6. The molecular weight excluding hydrogens is 554 g/mol. The van der Waals surface area contributed by atoms with E-state index in [9.17, 15) is 19.5 Å². The van der Waals surface area contributed by atoms with Crippen molar-refractivity contribution in [3.8, 4) is 5.75 Å². The van der Waals surface area contributed by atoms with Crippen LogP contribution < -0.4 is 26.0 Å². The monoisotopic (exact) mass is 583 g/mol. The molecule has 0 radical (unpaired) electrons. The number of carbonyl (C=O) groups is 3. The number of hydrogen-bond donors (Lipinski definition) is 4. The van der Waals surface area contributed by atoms with Crippen LogP contribution in [0.15, 0.2) is 101 Å². The lowest BCUT2D eigenvalue weighted by molar-refractivity contribution is -0.115. The maximum Gasteiger partial charge on any atom is 0.416 e. The zero-order chi connectivity index (χ0) is 30.6. The summed E-state index contributed by atoms with van der Waals surface area (Å²) in [5.74, 6) is -0.384. The number of nitrogens with one attached hydrogen (secondary N) is 2. The number of nitrogens with zero attached hydrogens (tertiary/aromatic N) is 4. The molecule has 0 fully saturated rings. The number of benzene rings is 3. The van der Waals surface area contributed by atoms with E-state index in [2.05, 4.69) is 25.8 Å². The van der Waals surface area contributed by atoms with Gasteiger partial charge in [-0.1, -0.05) is 48.5 Å². The molecule has 13 heteroatoms. The summed E-state index contributed by atoms with van der Waals surface area (Å²) in [5.41, 5.74) is 8.11. The molecule has 0 saturated carbocycles. The van der Waals surface area contributed by atoms with Gasteiger partial charge in [0.15, 0.2) is 11.6 Å². The number of pyridine rings is 1. The molecule has 0 saturated heterocycles. The quantitative estimate of drug-likeness (QED) is 0.147. The topological polar surface area (TPSA) is 181 Å². The van der Waals surface area contributed by atoms with Gasteiger partial charge in [0.25, 0.3) is 5.91 Å². The van der Waals surface area contributed by atoms with Crippen molar-refractivity contribution in [3.05, 3.63) is 102 Å². The largest absolute Gasteiger partial charge is 0.455 e. The maximum absolute atomic E-state index is 12.5. The summed E-state index contributed by atoms with van der Waals surface area (Å²) in [6.45, 7) is -0.884. The molecule has 1 aromatic heterocycles. The van der Waals surface area contributed by atoms with Gasteiger partial charge in [-0.25, -0.2) is 9.78 Å². The van der Waals surface area contributed by atoms with E-state index >= 15 is 0 Å². The minimum atomic E-state index is -0.676. The van der Waals surface area contributed by atoms with Crippen molar-refractivity contribution < 1.29 is 29.0 Å². The summed E-state index contributed by atoms with van der Waals surface area (Å²) in [7, 11) is 1.53. The van der Waals surface area contributed by atoms with E-state index in [1.54, 1.807) is 78.9 Å². The first-order chi connectivity index (χ1) is 20.9. The Bertz CT molecular complexity index is 1610. The highest BCUT2D eigenvalue weighted by molar-refractivity contribution is 5.99. The molecule has 3 amide bonds. The number of nitrogens with two attached hydrogens (primary N) is 1. The van der Waals surface area contributed by atoms with E-state index in [1.807, 2.05) is 0 Å². The van der Waals surface area contributed by atoms with Crippen molar-refractivity contribution >= 4 is 46.6 Å². The van der Waals surface area contributed by atoms with E-state index in [4.69, 9.17) is 15.2 Å². The number of azo groups is 1. The van der Waals surface area contributed by atoms with Crippen molar-refractivity contribution in [2.24, 2.45) is 10.2 Å². The minimum Gasteiger partial charge on any atom is -0.455 e. The number of rotatable bonds is 11. The molecule has 0 aliphatic heterocycles. The van der Waals surface area contributed by atoms with E-state index < -0.39 is 18.8 Å². The molecule has 43 heavy (non-hydrogen) atoms. The highest BCUT2D eigenvalue weighted by atomic mass is 16.7. The Morgan fingerprint density at radius 3 is 2.37 bits per heavy atom. The Kier molecular flexibility index (Phi) is 10.3. The number of ether oxygens (including phenoxy) is 2. The minimum absolute atomic E-state index is 0.00778. The van der Waals surface area contributed by atoms with Gasteiger partial charge in [-0.05, 0) is 42.5 Å². The summed E-state index contributed by atoms with van der Waals surface area (Å²) in [6, 6.07) is 25.2. The van der Waals surface area contributed by atoms with Crippen LogP contribution in [0, 0.1) is 0 Å². The number of hydrogen-bond acceptors (Lipinski definition) is 10. The van der Waals surface area contributed by atoms with Gasteiger partial charge in [0.1, 0.15) is 17.2 Å². The molecule has 4 aromatic rings. The Labute approximate surface area is 247 Å². The van der Waals surface area contributed by atoms with Crippen molar-refractivity contribution in [2.45, 2.75) is 6.61 Å². The van der Waals surface area contributed by atoms with Gasteiger partial charge in [-0.2, -0.15) is 0 Å². The second-order valence-electron chi connectivity index (χ2n) is 8.88. The van der Waals surface area contributed by atoms with Crippen LogP contribution in [0.5, 0.6) is 5.75 Å². The smallest absolute Gasteiger partial charge is 0.416 e. The van der Waals surface area contributed by atoms with Gasteiger partial charge in [-0.3, -0.25) is 14.5 Å². The molecule has 5 N–H and O–H groups in total. The molecule has 220 valence electrons. The molecule has 1 heterocycles. The second-order valence-corrected chi connectivity index (χ2v) is 8.88. The van der Waals surface area contributed by atoms with Crippen molar-refractivity contribution in [3.63, 3.8) is 0 Å². The molecule has 4 rings (SSSR count). The normalized spacial score (nSPS) is 10.7. The number of aromatic nitrogens is 1. The zero-order valence-corrected chi connectivity index (χ0v) is 23.1. The van der Waals surface area contributed by atoms with Gasteiger partial charge >= 0.3 is 6.09 Å². The number of amides is 3. The summed E-state index contributed by atoms with van der Waals surface area (Å²) in [6.07, 6.45) is -0.676. The molecule has 13 nitrogen and oxygen atoms in total. The van der Waals surface area contributed by atoms with Gasteiger partial charge < -0.3 is 30.9 Å². The Balaban J connectivity index is 1.31. The number of aliphatic hydroxyl groups excluding tert-OH is 1. The van der Waals surface area contributed by atoms with Crippen LogP contribution in [0.4, 0.5) is 33.5 Å². The summed E-state index contributed by atoms with van der Waals surface area (Å²) in [4.78, 5) is 42.2. The van der Waals surface area contributed by atoms with Crippen LogP contribution in [-0.2, 0) is 16.1 Å². The van der Waals surface area contributed by atoms with Gasteiger partial charge in [-0.15, -0.1) is 10.2 Å². The third-order valence-electron chi connectivity index (χ3n) is 5.94. The molecule has 0 bridgehead atoms. The lowest BCUT2D eigenvalue weighted by Gasteiger charge is -2.19. The van der Waals surface area contributed by atoms with Crippen molar-refractivity contribution in [1.82, 2.24) is 10.3 Å². The van der Waals surface area contributed by atoms with Crippen LogP contribution in [0.25, 0.3) is 0 Å². The Morgan fingerprint density at radius 2 is 1.60 bits per heavy atom. The molecule has 0 spiro atoms. The fourth-order valence-electron chi connectivity index (χ4n) is 3.74. The number of nitrogen functional groups attached to an aromatic ring is 1. The highest BCUT2D eigenvalue weighted by Crippen LogP contribution is 2.30. The molecule has 0 unspecified atom stereocenters. The van der Waals surface area contributed by atoms with Crippen LogP contribution >= 0.6 is 0 Å². The SMILES string of the molecule is CN(C(=O)OCOc1ccccc1/N=N/c1ccc(NC(=O)CNC(=O)c2ccccc2)nc1N)c1ccccc1CO. The van der Waals surface area contributed by atoms with E-state index in [1.165, 1.54) is 24.1 Å². The lowest BCUT2D eigenvalue weighted by atomic mass is 10.2. The van der Waals surface area contributed by atoms with E-state index in [-0.39, 0.29) is 36.4 Å². The first-order valence-corrected chi connectivity index (χ1v) is 13.0. The fraction of sp³-hybridized carbons (Fsp3) is 0.133. The van der Waals surface area contributed by atoms with Crippen LogP contribution in [0.2, 0.25) is 0 Å². The summed E-state index contributed by atoms with van der Waals surface area (Å²) >= 11 is 0. The van der Waals surface area contributed by atoms with Crippen LogP contribution in [0.3, 0.4) is 0 Å². The molecule has 0 aliphatic rings. The zero-order valence-electron chi connectivity index (χ0n) is 23.1. The van der Waals surface area contributed by atoms with Gasteiger partial charge in [0.2, 0.25) is 12.7 Å². The number of anilines is 3. The third-order valence-corrected chi connectivity index (χ3v) is 5.94. The maximum atomic E-state index is 12.5. The summed E-state index contributed by atoms with van der Waals surface area (Å²) in [5, 5.41) is 22.9. The molecule has 0 aliphatic carbocycles. The second kappa shape index (κ2) is 14.7. The van der Waals surface area contributed by atoms with Gasteiger partial charge in [0.05, 0.1) is 18.8 Å². The van der Waals surface area contributed by atoms with E-state index in [0.29, 0.717) is 28.3 Å². The molecule has 0 atom stereocenters.